The van der Waals surface area contributed by atoms with E-state index in [4.69, 9.17) is 4.74 Å². The molecule has 1 aromatic rings. The Morgan fingerprint density at radius 2 is 2.00 bits per heavy atom. The van der Waals surface area contributed by atoms with Gasteiger partial charge < -0.3 is 10.1 Å². The summed E-state index contributed by atoms with van der Waals surface area (Å²) in [4.78, 5) is 14.2. The Bertz CT molecular complexity index is 424. The Kier molecular flexibility index (Phi) is 10.4. The second-order valence-corrected chi connectivity index (χ2v) is 4.86. The van der Waals surface area contributed by atoms with Gasteiger partial charge in [0.2, 0.25) is 0 Å². The highest BCUT2D eigenvalue weighted by Gasteiger charge is 2.12. The monoisotopic (exact) mass is 334 g/mol. The molecule has 21 heavy (non-hydrogen) atoms. The van der Waals surface area contributed by atoms with Gasteiger partial charge in [0.25, 0.3) is 0 Å². The molecular weight excluding hydrogens is 311 g/mol. The van der Waals surface area contributed by atoms with Crippen molar-refractivity contribution >= 4 is 30.8 Å². The molecule has 0 aromatic heterocycles. The van der Waals surface area contributed by atoms with Crippen LogP contribution in [0, 0.1) is 0 Å². The molecule has 0 atom stereocenters. The summed E-state index contributed by atoms with van der Waals surface area (Å²) < 4.78 is 5.16. The number of ether oxygens (including phenoxy) is 1. The van der Waals surface area contributed by atoms with Crippen molar-refractivity contribution in [2.24, 2.45) is 0 Å². The summed E-state index contributed by atoms with van der Waals surface area (Å²) in [7, 11) is 0. The van der Waals surface area contributed by atoms with E-state index in [1.807, 2.05) is 25.1 Å². The van der Waals surface area contributed by atoms with E-state index in [9.17, 15) is 4.79 Å². The fourth-order valence-corrected chi connectivity index (χ4v) is 2.20. The molecule has 1 heterocycles. The van der Waals surface area contributed by atoms with Crippen LogP contribution in [0.5, 0.6) is 0 Å². The molecule has 0 bridgehead atoms. The van der Waals surface area contributed by atoms with Gasteiger partial charge in [0.15, 0.2) is 0 Å². The van der Waals surface area contributed by atoms with Crippen LogP contribution >= 0.6 is 24.8 Å². The van der Waals surface area contributed by atoms with Crippen molar-refractivity contribution in [3.63, 3.8) is 0 Å². The second kappa shape index (κ2) is 10.9. The number of hydrogen-bond acceptors (Lipinski definition) is 4. The van der Waals surface area contributed by atoms with E-state index in [0.29, 0.717) is 12.2 Å². The summed E-state index contributed by atoms with van der Waals surface area (Å²) >= 11 is 0. The van der Waals surface area contributed by atoms with Crippen molar-refractivity contribution in [1.82, 2.24) is 10.2 Å². The molecule has 0 spiro atoms. The molecule has 0 amide bonds. The fourth-order valence-electron chi connectivity index (χ4n) is 2.20. The Morgan fingerprint density at radius 1 is 1.29 bits per heavy atom. The van der Waals surface area contributed by atoms with Crippen LogP contribution in [-0.4, -0.2) is 43.7 Å². The van der Waals surface area contributed by atoms with E-state index in [1.54, 1.807) is 0 Å². The highest BCUT2D eigenvalue weighted by atomic mass is 35.5. The second-order valence-electron chi connectivity index (χ2n) is 4.86. The summed E-state index contributed by atoms with van der Waals surface area (Å²) in [6, 6.07) is 7.76. The zero-order valence-electron chi connectivity index (χ0n) is 12.3. The highest BCUT2D eigenvalue weighted by molar-refractivity contribution is 5.89. The minimum Gasteiger partial charge on any atom is -0.462 e. The molecule has 1 fully saturated rings. The minimum absolute atomic E-state index is 0. The first-order valence-corrected chi connectivity index (χ1v) is 6.98. The SMILES string of the molecule is CCCOC(=O)c1cccc(CN2CCNCC2)c1.Cl.Cl. The predicted octanol–water partition coefficient (Wildman–Crippen LogP) is 2.50. The number of nitrogens with zero attached hydrogens (tertiary/aromatic N) is 1. The van der Waals surface area contributed by atoms with E-state index in [2.05, 4.69) is 16.3 Å². The molecule has 1 N–H and O–H groups in total. The summed E-state index contributed by atoms with van der Waals surface area (Å²) in [5.74, 6) is -0.219. The molecule has 1 saturated heterocycles. The molecule has 2 rings (SSSR count). The summed E-state index contributed by atoms with van der Waals surface area (Å²) in [5, 5.41) is 3.34. The third-order valence-electron chi connectivity index (χ3n) is 3.22. The van der Waals surface area contributed by atoms with E-state index in [0.717, 1.165) is 39.1 Å². The zero-order valence-corrected chi connectivity index (χ0v) is 14.0. The topological polar surface area (TPSA) is 41.6 Å². The van der Waals surface area contributed by atoms with Gasteiger partial charge in [0, 0.05) is 32.7 Å². The van der Waals surface area contributed by atoms with Crippen molar-refractivity contribution in [1.29, 1.82) is 0 Å². The molecule has 0 radical (unpaired) electrons. The quantitative estimate of drug-likeness (QED) is 0.840. The number of hydrogen-bond donors (Lipinski definition) is 1. The largest absolute Gasteiger partial charge is 0.462 e. The standard InChI is InChI=1S/C15H22N2O2.2ClH/c1-2-10-19-15(18)14-5-3-4-13(11-14)12-17-8-6-16-7-9-17;;/h3-5,11,16H,2,6-10,12H2,1H3;2*1H. The Hall–Kier alpha value is -0.810. The number of halogens is 2. The van der Waals surface area contributed by atoms with E-state index in [1.165, 1.54) is 5.56 Å². The van der Waals surface area contributed by atoms with Crippen molar-refractivity contribution in [3.8, 4) is 0 Å². The van der Waals surface area contributed by atoms with Gasteiger partial charge in [-0.15, -0.1) is 24.8 Å². The number of nitrogens with one attached hydrogen (secondary N) is 1. The maximum atomic E-state index is 11.8. The van der Waals surface area contributed by atoms with Gasteiger partial charge in [0.1, 0.15) is 0 Å². The third-order valence-corrected chi connectivity index (χ3v) is 3.22. The Morgan fingerprint density at radius 3 is 2.67 bits per heavy atom. The lowest BCUT2D eigenvalue weighted by Gasteiger charge is -2.27. The number of carbonyl (C=O) groups excluding carboxylic acids is 1. The van der Waals surface area contributed by atoms with Crippen molar-refractivity contribution in [2.45, 2.75) is 19.9 Å². The molecular formula is C15H24Cl2N2O2. The molecule has 0 aliphatic carbocycles. The first kappa shape index (κ1) is 20.2. The fraction of sp³-hybridized carbons (Fsp3) is 0.533. The molecule has 1 aliphatic heterocycles. The van der Waals surface area contributed by atoms with E-state index < -0.39 is 0 Å². The molecule has 120 valence electrons. The van der Waals surface area contributed by atoms with Crippen molar-refractivity contribution in [3.05, 3.63) is 35.4 Å². The summed E-state index contributed by atoms with van der Waals surface area (Å²) in [6.45, 7) is 7.58. The normalized spacial score (nSPS) is 14.7. The number of carbonyl (C=O) groups is 1. The molecule has 6 heteroatoms. The third kappa shape index (κ3) is 6.66. The number of esters is 1. The van der Waals surface area contributed by atoms with Crippen LogP contribution in [-0.2, 0) is 11.3 Å². The maximum Gasteiger partial charge on any atom is 0.338 e. The van der Waals surface area contributed by atoms with E-state index >= 15 is 0 Å². The number of rotatable bonds is 5. The maximum absolute atomic E-state index is 11.8. The van der Waals surface area contributed by atoms with Crippen LogP contribution in [0.3, 0.4) is 0 Å². The van der Waals surface area contributed by atoms with Crippen LogP contribution in [0.4, 0.5) is 0 Å². The van der Waals surface area contributed by atoms with E-state index in [-0.39, 0.29) is 30.8 Å². The first-order chi connectivity index (χ1) is 9.29. The molecule has 0 saturated carbocycles. The smallest absolute Gasteiger partial charge is 0.338 e. The molecule has 1 aliphatic rings. The van der Waals surface area contributed by atoms with Crippen LogP contribution < -0.4 is 5.32 Å². The van der Waals surface area contributed by atoms with Gasteiger partial charge in [-0.3, -0.25) is 4.90 Å². The van der Waals surface area contributed by atoms with Gasteiger partial charge in [-0.25, -0.2) is 4.79 Å². The number of piperazine rings is 1. The van der Waals surface area contributed by atoms with Crippen LogP contribution in [0.25, 0.3) is 0 Å². The summed E-state index contributed by atoms with van der Waals surface area (Å²) in [5.41, 5.74) is 1.83. The first-order valence-electron chi connectivity index (χ1n) is 6.98. The Labute approximate surface area is 139 Å². The molecule has 1 aromatic carbocycles. The van der Waals surface area contributed by atoms with Crippen LogP contribution in [0.15, 0.2) is 24.3 Å². The zero-order chi connectivity index (χ0) is 13.5. The average Bonchev–Trinajstić information content (AvgIpc) is 2.46. The minimum atomic E-state index is -0.219. The lowest BCUT2D eigenvalue weighted by molar-refractivity contribution is 0.0505. The van der Waals surface area contributed by atoms with Gasteiger partial charge in [-0.2, -0.15) is 0 Å². The number of benzene rings is 1. The summed E-state index contributed by atoms with van der Waals surface area (Å²) in [6.07, 6.45) is 0.853. The van der Waals surface area contributed by atoms with Gasteiger partial charge in [0.05, 0.1) is 12.2 Å². The highest BCUT2D eigenvalue weighted by Crippen LogP contribution is 2.10. The van der Waals surface area contributed by atoms with Crippen molar-refractivity contribution in [2.75, 3.05) is 32.8 Å². The molecule has 0 unspecified atom stereocenters. The molecule has 4 nitrogen and oxygen atoms in total. The van der Waals surface area contributed by atoms with Gasteiger partial charge in [-0.05, 0) is 24.1 Å². The Balaban J connectivity index is 0.00000200. The average molecular weight is 335 g/mol. The predicted molar refractivity (Wildman–Crippen MR) is 89.7 cm³/mol. The van der Waals surface area contributed by atoms with Gasteiger partial charge in [-0.1, -0.05) is 19.1 Å². The lowest BCUT2D eigenvalue weighted by Crippen LogP contribution is -2.42. The van der Waals surface area contributed by atoms with Crippen molar-refractivity contribution < 1.29 is 9.53 Å². The van der Waals surface area contributed by atoms with Crippen LogP contribution in [0.1, 0.15) is 29.3 Å². The van der Waals surface area contributed by atoms with Crippen LogP contribution in [0.2, 0.25) is 0 Å². The van der Waals surface area contributed by atoms with Gasteiger partial charge >= 0.3 is 5.97 Å². The lowest BCUT2D eigenvalue weighted by atomic mass is 10.1.